The monoisotopic (exact) mass is 774 g/mol. The van der Waals surface area contributed by atoms with E-state index in [4.69, 9.17) is 21.3 Å². The van der Waals surface area contributed by atoms with E-state index in [1.165, 1.54) is 0 Å². The number of esters is 1. The molecule has 0 aliphatic heterocycles. The van der Waals surface area contributed by atoms with Gasteiger partial charge in [-0.2, -0.15) is 0 Å². The minimum Gasteiger partial charge on any atom is -0.481 e. The number of hydrogen-bond donors (Lipinski definition) is 7. The minimum atomic E-state index is -1.44. The maximum absolute atomic E-state index is 14.1. The number of amides is 4. The van der Waals surface area contributed by atoms with E-state index in [9.17, 15) is 28.8 Å². The number of benzene rings is 2. The predicted molar refractivity (Wildman–Crippen MR) is 212 cm³/mol. The number of carboxylic acid groups (broad SMARTS) is 1. The van der Waals surface area contributed by atoms with Crippen LogP contribution in [0.4, 0.5) is 0 Å². The number of aliphatic carboxylic acids is 1. The van der Waals surface area contributed by atoms with Gasteiger partial charge in [-0.25, -0.2) is 0 Å². The molecule has 14 heteroatoms. The molecule has 3 aromatic rings. The highest BCUT2D eigenvalue weighted by Crippen LogP contribution is 2.23. The van der Waals surface area contributed by atoms with Crippen molar-refractivity contribution in [3.05, 3.63) is 71.9 Å². The Morgan fingerprint density at radius 3 is 2.14 bits per heavy atom. The van der Waals surface area contributed by atoms with E-state index in [1.807, 2.05) is 30.3 Å². The second-order valence-electron chi connectivity index (χ2n) is 15.2. The van der Waals surface area contributed by atoms with Crippen molar-refractivity contribution in [1.82, 2.24) is 20.9 Å². The van der Waals surface area contributed by atoms with Crippen LogP contribution >= 0.6 is 0 Å². The van der Waals surface area contributed by atoms with Crippen LogP contribution in [0, 0.1) is 0 Å². The summed E-state index contributed by atoms with van der Waals surface area (Å²) in [5.41, 5.74) is 13.3. The van der Waals surface area contributed by atoms with Gasteiger partial charge in [-0.15, -0.1) is 0 Å². The summed E-state index contributed by atoms with van der Waals surface area (Å²) in [4.78, 5) is 81.5. The number of fused-ring (bicyclic) bond motifs is 1. The van der Waals surface area contributed by atoms with Gasteiger partial charge in [-0.05, 0) is 62.6 Å². The van der Waals surface area contributed by atoms with Crippen LogP contribution in [-0.4, -0.2) is 75.4 Å². The highest BCUT2D eigenvalue weighted by molar-refractivity contribution is 5.97. The van der Waals surface area contributed by atoms with Crippen LogP contribution < -0.4 is 27.4 Å². The van der Waals surface area contributed by atoms with Crippen LogP contribution in [0.2, 0.25) is 0 Å². The van der Waals surface area contributed by atoms with Crippen molar-refractivity contribution in [2.24, 2.45) is 11.5 Å². The Bertz CT molecular complexity index is 1770. The second-order valence-corrected chi connectivity index (χ2v) is 15.2. The first-order valence-corrected chi connectivity index (χ1v) is 19.8. The van der Waals surface area contributed by atoms with Gasteiger partial charge >= 0.3 is 11.9 Å². The van der Waals surface area contributed by atoms with Crippen LogP contribution in [0.25, 0.3) is 10.9 Å². The third-order valence-electron chi connectivity index (χ3n) is 10.3. The van der Waals surface area contributed by atoms with E-state index < -0.39 is 65.7 Å². The zero-order chi connectivity index (χ0) is 40.5. The van der Waals surface area contributed by atoms with E-state index in [1.54, 1.807) is 37.4 Å². The molecule has 1 aromatic heterocycles. The van der Waals surface area contributed by atoms with Gasteiger partial charge in [0.25, 0.3) is 0 Å². The number of nitrogens with two attached hydrogens (primary N) is 2. The van der Waals surface area contributed by atoms with Crippen LogP contribution in [0.15, 0.2) is 60.8 Å². The highest BCUT2D eigenvalue weighted by atomic mass is 16.5. The minimum absolute atomic E-state index is 0.0929. The third-order valence-corrected chi connectivity index (χ3v) is 10.3. The fourth-order valence-corrected chi connectivity index (χ4v) is 7.09. The molecule has 0 spiro atoms. The van der Waals surface area contributed by atoms with Gasteiger partial charge in [0, 0.05) is 36.4 Å². The zero-order valence-corrected chi connectivity index (χ0v) is 32.4. The molecule has 9 N–H and O–H groups in total. The van der Waals surface area contributed by atoms with Crippen molar-refractivity contribution in [3.63, 3.8) is 0 Å². The van der Waals surface area contributed by atoms with Crippen LogP contribution in [0.3, 0.4) is 0 Å². The summed E-state index contributed by atoms with van der Waals surface area (Å²) in [5.74, 6) is -4.37. The number of unbranched alkanes of at least 4 members (excludes halogenated alkanes) is 5. The Balaban J connectivity index is 1.50. The van der Waals surface area contributed by atoms with Gasteiger partial charge in [-0.3, -0.25) is 28.8 Å². The number of aromatic amines is 1. The van der Waals surface area contributed by atoms with Gasteiger partial charge < -0.3 is 42.2 Å². The summed E-state index contributed by atoms with van der Waals surface area (Å²) in [6.07, 6.45) is 10.1. The van der Waals surface area contributed by atoms with E-state index in [0.29, 0.717) is 32.1 Å². The summed E-state index contributed by atoms with van der Waals surface area (Å²) in [7, 11) is 0. The summed E-state index contributed by atoms with van der Waals surface area (Å²) in [6.45, 7) is 1.59. The number of H-pyrrole nitrogens is 1. The lowest BCUT2D eigenvalue weighted by Gasteiger charge is -2.29. The van der Waals surface area contributed by atoms with Crippen molar-refractivity contribution < 1.29 is 38.6 Å². The number of ether oxygens (including phenoxy) is 1. The number of hydrogen-bond acceptors (Lipinski definition) is 8. The van der Waals surface area contributed by atoms with Gasteiger partial charge in [-0.1, -0.05) is 87.1 Å². The first-order chi connectivity index (χ1) is 26.8. The van der Waals surface area contributed by atoms with Crippen LogP contribution in [0.5, 0.6) is 0 Å². The van der Waals surface area contributed by atoms with E-state index >= 15 is 0 Å². The van der Waals surface area contributed by atoms with Gasteiger partial charge in [0.05, 0.1) is 12.0 Å². The number of carbonyl (C=O) groups excluding carboxylic acids is 5. The van der Waals surface area contributed by atoms with Gasteiger partial charge in [0.2, 0.25) is 23.6 Å². The van der Waals surface area contributed by atoms with Crippen molar-refractivity contribution in [2.45, 2.75) is 139 Å². The molecule has 1 aliphatic rings. The topological polar surface area (TPSA) is 236 Å². The van der Waals surface area contributed by atoms with Crippen molar-refractivity contribution >= 4 is 46.5 Å². The maximum atomic E-state index is 14.1. The molecular formula is C42H58N6O8. The number of aromatic nitrogens is 1. The summed E-state index contributed by atoms with van der Waals surface area (Å²) in [6, 6.07) is 12.9. The lowest BCUT2D eigenvalue weighted by Crippen LogP contribution is -2.60. The second kappa shape index (κ2) is 21.7. The van der Waals surface area contributed by atoms with Crippen molar-refractivity contribution in [1.29, 1.82) is 0 Å². The Hall–Kier alpha value is -5.24. The Kier molecular flexibility index (Phi) is 16.9. The van der Waals surface area contributed by atoms with E-state index in [-0.39, 0.29) is 31.8 Å². The van der Waals surface area contributed by atoms with Crippen LogP contribution in [-0.2, 0) is 46.3 Å². The Morgan fingerprint density at radius 1 is 0.821 bits per heavy atom. The SMILES string of the molecule is C[C@@](N)(Cc1c[nH]c2ccccc12)C(=O)N[C@@H](CCCCCCCCC(=O)O)C(=O)N[C@@H](CC(=O)OC1CCCCC1)C(=O)N[C@@H](Cc1ccccc1)C(N)=O. The molecule has 1 saturated carbocycles. The molecule has 14 nitrogen and oxygen atoms in total. The normalized spacial score (nSPS) is 15.8. The molecule has 0 radical (unpaired) electrons. The number of carbonyl (C=O) groups is 6. The molecule has 4 rings (SSSR count). The number of carboxylic acids is 1. The summed E-state index contributed by atoms with van der Waals surface area (Å²) < 4.78 is 5.70. The first-order valence-electron chi connectivity index (χ1n) is 19.8. The smallest absolute Gasteiger partial charge is 0.308 e. The zero-order valence-electron chi connectivity index (χ0n) is 32.4. The number of primary amides is 1. The number of nitrogens with one attached hydrogen (secondary N) is 4. The molecule has 0 unspecified atom stereocenters. The van der Waals surface area contributed by atoms with E-state index in [2.05, 4.69) is 20.9 Å². The molecule has 0 bridgehead atoms. The average Bonchev–Trinajstić information content (AvgIpc) is 3.57. The summed E-state index contributed by atoms with van der Waals surface area (Å²) in [5, 5.41) is 18.0. The molecule has 1 aliphatic carbocycles. The lowest BCUT2D eigenvalue weighted by atomic mass is 9.92. The van der Waals surface area contributed by atoms with Gasteiger partial charge in [0.15, 0.2) is 0 Å². The Labute approximate surface area is 328 Å². The fourth-order valence-electron chi connectivity index (χ4n) is 7.09. The molecular weight excluding hydrogens is 716 g/mol. The number of para-hydroxylation sites is 1. The average molecular weight is 775 g/mol. The largest absolute Gasteiger partial charge is 0.481 e. The van der Waals surface area contributed by atoms with Gasteiger partial charge in [0.1, 0.15) is 24.2 Å². The highest BCUT2D eigenvalue weighted by Gasteiger charge is 2.35. The third kappa shape index (κ3) is 14.1. The first kappa shape index (κ1) is 43.5. The molecule has 4 amide bonds. The number of rotatable bonds is 23. The quantitative estimate of drug-likeness (QED) is 0.0542. The molecule has 4 atom stereocenters. The standard InChI is InChI=1S/C42H58N6O8/c1-42(44,26-29-27-45-32-21-15-14-20-31(29)32)41(55)48-33(22-12-4-2-3-5-13-23-36(49)50)39(53)47-35(25-37(51)56-30-18-10-7-11-19-30)40(54)46-34(38(43)52)24-28-16-8-6-9-17-28/h6,8-9,14-17,20-21,27,30,33-35,45H,2-5,7,10-13,18-19,22-26,44H2,1H3,(H2,43,52)(H,46,54)(H,47,53)(H,48,55)(H,49,50)/t33-,34-,35-,42+/m0/s1. The predicted octanol–water partition coefficient (Wildman–Crippen LogP) is 4.08. The molecule has 56 heavy (non-hydrogen) atoms. The van der Waals surface area contributed by atoms with E-state index in [0.717, 1.165) is 60.6 Å². The molecule has 2 aromatic carbocycles. The molecule has 1 heterocycles. The maximum Gasteiger partial charge on any atom is 0.308 e. The molecule has 1 fully saturated rings. The Morgan fingerprint density at radius 2 is 1.45 bits per heavy atom. The molecule has 0 saturated heterocycles. The lowest BCUT2D eigenvalue weighted by molar-refractivity contribution is -0.152. The summed E-state index contributed by atoms with van der Waals surface area (Å²) >= 11 is 0. The molecule has 304 valence electrons. The van der Waals surface area contributed by atoms with Crippen molar-refractivity contribution in [3.8, 4) is 0 Å². The van der Waals surface area contributed by atoms with Crippen molar-refractivity contribution in [2.75, 3.05) is 0 Å². The van der Waals surface area contributed by atoms with Crippen LogP contribution in [0.1, 0.15) is 108 Å². The fraction of sp³-hybridized carbons (Fsp3) is 0.524.